The number of aliphatic hydroxyl groups excluding tert-OH is 1. The molecule has 2 aromatic heterocycles. The minimum Gasteiger partial charge on any atom is -0.497 e. The molecule has 0 amide bonds. The van der Waals surface area contributed by atoms with Crippen LogP contribution in [0.2, 0.25) is 0 Å². The number of anilines is 1. The van der Waals surface area contributed by atoms with Gasteiger partial charge in [0, 0.05) is 19.2 Å². The fourth-order valence-electron chi connectivity index (χ4n) is 4.61. The van der Waals surface area contributed by atoms with E-state index in [1.54, 1.807) is 13.3 Å². The van der Waals surface area contributed by atoms with E-state index in [2.05, 4.69) is 38.1 Å². The summed E-state index contributed by atoms with van der Waals surface area (Å²) < 4.78 is 14.2. The predicted molar refractivity (Wildman–Crippen MR) is 139 cm³/mol. The van der Waals surface area contributed by atoms with E-state index in [4.69, 9.17) is 14.5 Å². The lowest BCUT2D eigenvalue weighted by atomic mass is 9.87. The topological polar surface area (TPSA) is 72.1 Å². The van der Waals surface area contributed by atoms with E-state index in [1.165, 1.54) is 5.56 Å². The quantitative estimate of drug-likeness (QED) is 0.304. The van der Waals surface area contributed by atoms with Crippen LogP contribution in [-0.4, -0.2) is 39.5 Å². The Hall–Kier alpha value is -3.10. The van der Waals surface area contributed by atoms with Crippen molar-refractivity contribution in [2.45, 2.75) is 38.3 Å². The molecule has 1 N–H and O–H groups in total. The molecule has 8 heteroatoms. The smallest absolute Gasteiger partial charge is 0.224 e. The molecule has 0 bridgehead atoms. The summed E-state index contributed by atoms with van der Waals surface area (Å²) in [5, 5.41) is 14.6. The Balaban J connectivity index is 1.52. The van der Waals surface area contributed by atoms with Crippen molar-refractivity contribution in [1.29, 1.82) is 0 Å². The number of rotatable bonds is 8. The van der Waals surface area contributed by atoms with Crippen LogP contribution in [0.5, 0.6) is 17.4 Å². The third kappa shape index (κ3) is 5.60. The molecular weight excluding hydrogens is 508 g/mol. The van der Waals surface area contributed by atoms with Crippen LogP contribution in [0.15, 0.2) is 71.3 Å². The van der Waals surface area contributed by atoms with E-state index in [9.17, 15) is 5.11 Å². The van der Waals surface area contributed by atoms with Crippen LogP contribution < -0.4 is 14.4 Å². The van der Waals surface area contributed by atoms with Gasteiger partial charge in [0.05, 0.1) is 23.9 Å². The zero-order valence-electron chi connectivity index (χ0n) is 19.7. The van der Waals surface area contributed by atoms with Crippen LogP contribution in [0.1, 0.15) is 31.2 Å². The average molecular weight is 537 g/mol. The Kier molecular flexibility index (Phi) is 7.20. The van der Waals surface area contributed by atoms with Crippen molar-refractivity contribution in [2.24, 2.45) is 5.92 Å². The molecule has 0 unspecified atom stereocenters. The van der Waals surface area contributed by atoms with Gasteiger partial charge < -0.3 is 19.5 Å². The summed E-state index contributed by atoms with van der Waals surface area (Å²) in [6, 6.07) is 19.8. The molecule has 1 fully saturated rings. The monoisotopic (exact) mass is 536 g/mol. The second kappa shape index (κ2) is 10.7. The molecule has 0 aliphatic heterocycles. The first-order chi connectivity index (χ1) is 17.1. The van der Waals surface area contributed by atoms with Gasteiger partial charge in [-0.2, -0.15) is 14.6 Å². The Morgan fingerprint density at radius 2 is 1.77 bits per heavy atom. The van der Waals surface area contributed by atoms with Gasteiger partial charge in [-0.15, -0.1) is 0 Å². The van der Waals surface area contributed by atoms with Crippen molar-refractivity contribution in [3.8, 4) is 17.4 Å². The van der Waals surface area contributed by atoms with Crippen LogP contribution in [0.4, 0.5) is 5.82 Å². The molecule has 0 spiro atoms. The number of methoxy groups -OCH3 is 1. The molecule has 2 aromatic carbocycles. The number of aromatic nitrogens is 3. The third-order valence-electron chi connectivity index (χ3n) is 6.50. The van der Waals surface area contributed by atoms with Crippen LogP contribution in [0.25, 0.3) is 5.65 Å². The molecule has 0 atom stereocenters. The first-order valence-electron chi connectivity index (χ1n) is 11.9. The largest absolute Gasteiger partial charge is 0.497 e. The second-order valence-electron chi connectivity index (χ2n) is 9.00. The highest BCUT2D eigenvalue weighted by Gasteiger charge is 2.24. The third-order valence-corrected chi connectivity index (χ3v) is 7.06. The predicted octanol–water partition coefficient (Wildman–Crippen LogP) is 5.85. The van der Waals surface area contributed by atoms with Crippen LogP contribution in [-0.2, 0) is 6.54 Å². The number of ether oxygens (including phenoxy) is 2. The first-order valence-corrected chi connectivity index (χ1v) is 12.7. The van der Waals surface area contributed by atoms with Gasteiger partial charge >= 0.3 is 0 Å². The lowest BCUT2D eigenvalue weighted by Crippen LogP contribution is -2.33. The fraction of sp³-hybridized carbons (Fsp3) is 0.333. The normalized spacial score (nSPS) is 17.9. The lowest BCUT2D eigenvalue weighted by molar-refractivity contribution is 0.110. The zero-order valence-corrected chi connectivity index (χ0v) is 21.3. The van der Waals surface area contributed by atoms with E-state index < -0.39 is 0 Å². The maximum absolute atomic E-state index is 10.0. The van der Waals surface area contributed by atoms with Crippen molar-refractivity contribution in [2.75, 3.05) is 18.6 Å². The number of aliphatic hydroxyl groups is 1. The molecule has 35 heavy (non-hydrogen) atoms. The van der Waals surface area contributed by atoms with E-state index in [0.29, 0.717) is 24.0 Å². The van der Waals surface area contributed by atoms with E-state index >= 15 is 0 Å². The Morgan fingerprint density at radius 3 is 2.49 bits per heavy atom. The molecule has 1 saturated carbocycles. The van der Waals surface area contributed by atoms with Crippen molar-refractivity contribution < 1.29 is 14.6 Å². The SMILES string of the molecule is COc1ccc(CN(C[C@H]2CC[C@H](O)CC2)c2cc(Oc3ccccc3)nc3c(Br)cnn23)cc1. The summed E-state index contributed by atoms with van der Waals surface area (Å²) >= 11 is 3.60. The summed E-state index contributed by atoms with van der Waals surface area (Å²) in [4.78, 5) is 7.06. The number of fused-ring (bicyclic) bond motifs is 1. The number of hydrogen-bond acceptors (Lipinski definition) is 6. The van der Waals surface area contributed by atoms with Crippen molar-refractivity contribution in [1.82, 2.24) is 14.6 Å². The highest BCUT2D eigenvalue weighted by molar-refractivity contribution is 9.10. The van der Waals surface area contributed by atoms with Gasteiger partial charge in [-0.25, -0.2) is 0 Å². The van der Waals surface area contributed by atoms with Gasteiger partial charge in [0.15, 0.2) is 5.65 Å². The Labute approximate surface area is 213 Å². The molecule has 2 heterocycles. The van der Waals surface area contributed by atoms with Crippen LogP contribution in [0, 0.1) is 5.92 Å². The van der Waals surface area contributed by atoms with E-state index in [-0.39, 0.29) is 6.10 Å². The van der Waals surface area contributed by atoms with Gasteiger partial charge in [0.2, 0.25) is 5.88 Å². The van der Waals surface area contributed by atoms with Crippen molar-refractivity contribution in [3.63, 3.8) is 0 Å². The summed E-state index contributed by atoms with van der Waals surface area (Å²) in [6.45, 7) is 1.55. The maximum Gasteiger partial charge on any atom is 0.224 e. The number of nitrogens with zero attached hydrogens (tertiary/aromatic N) is 4. The molecular formula is C27H29BrN4O3. The molecule has 7 nitrogen and oxygen atoms in total. The number of halogens is 1. The number of hydrogen-bond donors (Lipinski definition) is 1. The van der Waals surface area contributed by atoms with E-state index in [0.717, 1.165) is 54.0 Å². The minimum absolute atomic E-state index is 0.179. The van der Waals surface area contributed by atoms with Gasteiger partial charge in [-0.05, 0) is 77.4 Å². The standard InChI is InChI=1S/C27H29BrN4O3/c1-34-22-13-9-20(10-14-22)18-31(17-19-7-11-21(33)12-8-19)26-15-25(35-23-5-3-2-4-6-23)30-27-24(28)16-29-32(26)27/h2-6,9-10,13-16,19,21,33H,7-8,11-12,17-18H2,1H3/t19-,21-. The summed E-state index contributed by atoms with van der Waals surface area (Å²) in [6.07, 6.45) is 5.29. The van der Waals surface area contributed by atoms with Gasteiger partial charge in [-0.1, -0.05) is 30.3 Å². The highest BCUT2D eigenvalue weighted by atomic mass is 79.9. The fourth-order valence-corrected chi connectivity index (χ4v) is 4.96. The minimum atomic E-state index is -0.179. The summed E-state index contributed by atoms with van der Waals surface area (Å²) in [5.74, 6) is 3.47. The van der Waals surface area contributed by atoms with Crippen LogP contribution >= 0.6 is 15.9 Å². The number of benzene rings is 2. The Morgan fingerprint density at radius 1 is 1.03 bits per heavy atom. The Bertz CT molecular complexity index is 1250. The molecule has 0 radical (unpaired) electrons. The van der Waals surface area contributed by atoms with Gasteiger partial charge in [0.1, 0.15) is 17.3 Å². The van der Waals surface area contributed by atoms with Crippen molar-refractivity contribution >= 4 is 27.4 Å². The summed E-state index contributed by atoms with van der Waals surface area (Å²) in [7, 11) is 1.68. The van der Waals surface area contributed by atoms with Gasteiger partial charge in [-0.3, -0.25) is 0 Å². The van der Waals surface area contributed by atoms with E-state index in [1.807, 2.05) is 53.0 Å². The van der Waals surface area contributed by atoms with Crippen molar-refractivity contribution in [3.05, 3.63) is 76.9 Å². The molecule has 182 valence electrons. The lowest BCUT2D eigenvalue weighted by Gasteiger charge is -2.33. The second-order valence-corrected chi connectivity index (χ2v) is 9.85. The first kappa shape index (κ1) is 23.6. The molecule has 1 aliphatic rings. The average Bonchev–Trinajstić information content (AvgIpc) is 3.26. The van der Waals surface area contributed by atoms with Crippen LogP contribution in [0.3, 0.4) is 0 Å². The molecule has 0 saturated heterocycles. The maximum atomic E-state index is 10.0. The molecule has 5 rings (SSSR count). The number of para-hydroxylation sites is 1. The van der Waals surface area contributed by atoms with Gasteiger partial charge in [0.25, 0.3) is 0 Å². The molecule has 4 aromatic rings. The summed E-state index contributed by atoms with van der Waals surface area (Å²) in [5.41, 5.74) is 1.87. The molecule has 1 aliphatic carbocycles. The highest BCUT2D eigenvalue weighted by Crippen LogP contribution is 2.32. The zero-order chi connectivity index (χ0) is 24.2.